The number of nitriles is 1. The van der Waals surface area contributed by atoms with Crippen molar-refractivity contribution >= 4 is 55.8 Å². The van der Waals surface area contributed by atoms with E-state index in [1.165, 1.54) is 6.07 Å². The number of rotatable bonds is 2. The monoisotopic (exact) mass is 441 g/mol. The molecule has 0 aliphatic heterocycles. The van der Waals surface area contributed by atoms with Gasteiger partial charge in [0.1, 0.15) is 6.07 Å². The third-order valence-corrected chi connectivity index (χ3v) is 3.95. The Kier molecular flexibility index (Phi) is 4.62. The fourth-order valence-electron chi connectivity index (χ4n) is 1.62. The number of amides is 1. The quantitative estimate of drug-likeness (QED) is 0.550. The summed E-state index contributed by atoms with van der Waals surface area (Å²) in [7, 11) is 0. The Balaban J connectivity index is 2.33. The number of hydrogen-bond donors (Lipinski definition) is 2. The Morgan fingerprint density at radius 3 is 2.75 bits per heavy atom. The maximum atomic E-state index is 12.3. The molecule has 0 aliphatic rings. The second-order valence-corrected chi connectivity index (χ2v) is 6.10. The number of nitrogens with zero attached hydrogens (tertiary/aromatic N) is 1. The Morgan fingerprint density at radius 1 is 1.30 bits per heavy atom. The SMILES string of the molecule is N#Cc1cc(N)ccc1NC(=O)c1cc(I)ccc1Br. The maximum absolute atomic E-state index is 12.3. The summed E-state index contributed by atoms with van der Waals surface area (Å²) in [6.07, 6.45) is 0. The van der Waals surface area contributed by atoms with E-state index in [0.29, 0.717) is 27.0 Å². The van der Waals surface area contributed by atoms with Gasteiger partial charge in [0.25, 0.3) is 5.91 Å². The molecule has 2 rings (SSSR count). The van der Waals surface area contributed by atoms with Gasteiger partial charge in [-0.15, -0.1) is 0 Å². The normalized spacial score (nSPS) is 9.85. The van der Waals surface area contributed by atoms with E-state index in [9.17, 15) is 4.79 Å². The number of nitrogen functional groups attached to an aromatic ring is 1. The van der Waals surface area contributed by atoms with Crippen molar-refractivity contribution in [3.8, 4) is 6.07 Å². The molecule has 0 unspecified atom stereocenters. The minimum Gasteiger partial charge on any atom is -0.399 e. The van der Waals surface area contributed by atoms with Gasteiger partial charge < -0.3 is 11.1 Å². The second-order valence-electron chi connectivity index (χ2n) is 4.00. The Bertz CT molecular complexity index is 725. The molecule has 6 heteroatoms. The second kappa shape index (κ2) is 6.24. The third kappa shape index (κ3) is 3.29. The molecule has 0 heterocycles. The predicted molar refractivity (Wildman–Crippen MR) is 90.4 cm³/mol. The number of benzene rings is 2. The summed E-state index contributed by atoms with van der Waals surface area (Å²) in [5, 5.41) is 11.8. The largest absolute Gasteiger partial charge is 0.399 e. The van der Waals surface area contributed by atoms with Gasteiger partial charge in [-0.3, -0.25) is 4.79 Å². The number of hydrogen-bond acceptors (Lipinski definition) is 3. The fourth-order valence-corrected chi connectivity index (χ4v) is 2.54. The number of carbonyl (C=O) groups is 1. The van der Waals surface area contributed by atoms with Crippen molar-refractivity contribution in [3.05, 3.63) is 55.6 Å². The summed E-state index contributed by atoms with van der Waals surface area (Å²) in [5.74, 6) is -0.281. The molecule has 2 aromatic rings. The summed E-state index contributed by atoms with van der Waals surface area (Å²) in [5.41, 5.74) is 7.39. The van der Waals surface area contributed by atoms with Crippen molar-refractivity contribution in [1.29, 1.82) is 5.26 Å². The number of anilines is 2. The van der Waals surface area contributed by atoms with Gasteiger partial charge in [0.15, 0.2) is 0 Å². The topological polar surface area (TPSA) is 78.9 Å². The molecule has 0 fully saturated rings. The van der Waals surface area contributed by atoms with E-state index >= 15 is 0 Å². The molecule has 0 atom stereocenters. The average molecular weight is 442 g/mol. The van der Waals surface area contributed by atoms with Crippen LogP contribution in [-0.4, -0.2) is 5.91 Å². The number of nitrogens with two attached hydrogens (primary N) is 1. The molecule has 0 bridgehead atoms. The molecule has 0 saturated heterocycles. The van der Waals surface area contributed by atoms with Gasteiger partial charge in [0.2, 0.25) is 0 Å². The molecular weight excluding hydrogens is 433 g/mol. The van der Waals surface area contributed by atoms with Crippen LogP contribution in [0.1, 0.15) is 15.9 Å². The van der Waals surface area contributed by atoms with Gasteiger partial charge in [-0.2, -0.15) is 5.26 Å². The highest BCUT2D eigenvalue weighted by molar-refractivity contribution is 14.1. The maximum Gasteiger partial charge on any atom is 0.256 e. The van der Waals surface area contributed by atoms with Crippen LogP contribution in [0.2, 0.25) is 0 Å². The Morgan fingerprint density at radius 2 is 2.05 bits per heavy atom. The van der Waals surface area contributed by atoms with Crippen LogP contribution in [0.3, 0.4) is 0 Å². The number of carbonyl (C=O) groups excluding carboxylic acids is 1. The van der Waals surface area contributed by atoms with Crippen LogP contribution in [0.5, 0.6) is 0 Å². The van der Waals surface area contributed by atoms with Crippen LogP contribution >= 0.6 is 38.5 Å². The van der Waals surface area contributed by atoms with Gasteiger partial charge in [0.05, 0.1) is 16.8 Å². The molecule has 100 valence electrons. The molecule has 20 heavy (non-hydrogen) atoms. The highest BCUT2D eigenvalue weighted by atomic mass is 127. The molecule has 0 saturated carbocycles. The van der Waals surface area contributed by atoms with E-state index in [0.717, 1.165) is 3.57 Å². The molecule has 0 radical (unpaired) electrons. The van der Waals surface area contributed by atoms with Gasteiger partial charge >= 0.3 is 0 Å². The zero-order valence-corrected chi connectivity index (χ0v) is 13.9. The lowest BCUT2D eigenvalue weighted by molar-refractivity contribution is 0.102. The standard InChI is InChI=1S/C14H9BrIN3O/c15-12-3-1-9(16)6-11(12)14(20)19-13-4-2-10(18)5-8(13)7-17/h1-6H,18H2,(H,19,20). The average Bonchev–Trinajstić information content (AvgIpc) is 2.43. The molecule has 1 amide bonds. The smallest absolute Gasteiger partial charge is 0.256 e. The van der Waals surface area contributed by atoms with Crippen LogP contribution < -0.4 is 11.1 Å². The molecule has 0 aromatic heterocycles. The first kappa shape index (κ1) is 14.8. The van der Waals surface area contributed by atoms with Crippen LogP contribution in [0.4, 0.5) is 11.4 Å². The summed E-state index contributed by atoms with van der Waals surface area (Å²) in [6, 6.07) is 12.3. The van der Waals surface area contributed by atoms with Gasteiger partial charge in [-0.05, 0) is 74.9 Å². The van der Waals surface area contributed by atoms with Crippen molar-refractivity contribution in [2.24, 2.45) is 0 Å². The van der Waals surface area contributed by atoms with Gasteiger partial charge in [0, 0.05) is 13.7 Å². The van der Waals surface area contributed by atoms with Crippen LogP contribution in [0.25, 0.3) is 0 Å². The van der Waals surface area contributed by atoms with Gasteiger partial charge in [-0.25, -0.2) is 0 Å². The molecule has 2 aromatic carbocycles. The number of halogens is 2. The third-order valence-electron chi connectivity index (χ3n) is 2.59. The van der Waals surface area contributed by atoms with E-state index in [4.69, 9.17) is 11.0 Å². The summed E-state index contributed by atoms with van der Waals surface area (Å²) >= 11 is 5.48. The lowest BCUT2D eigenvalue weighted by Gasteiger charge is -2.09. The van der Waals surface area contributed by atoms with E-state index in [-0.39, 0.29) is 5.91 Å². The summed E-state index contributed by atoms with van der Waals surface area (Å²) in [4.78, 5) is 12.3. The summed E-state index contributed by atoms with van der Waals surface area (Å²) < 4.78 is 1.65. The van der Waals surface area contributed by atoms with Crippen LogP contribution in [0, 0.1) is 14.9 Å². The van der Waals surface area contributed by atoms with Crippen molar-refractivity contribution in [2.75, 3.05) is 11.1 Å². The lowest BCUT2D eigenvalue weighted by Crippen LogP contribution is -2.14. The zero-order chi connectivity index (χ0) is 14.7. The fraction of sp³-hybridized carbons (Fsp3) is 0. The lowest BCUT2D eigenvalue weighted by atomic mass is 10.1. The predicted octanol–water partition coefficient (Wildman–Crippen LogP) is 3.76. The molecule has 4 nitrogen and oxygen atoms in total. The molecular formula is C14H9BrIN3O. The van der Waals surface area contributed by atoms with E-state index in [1.54, 1.807) is 18.2 Å². The van der Waals surface area contributed by atoms with E-state index in [1.807, 2.05) is 18.2 Å². The minimum atomic E-state index is -0.281. The summed E-state index contributed by atoms with van der Waals surface area (Å²) in [6.45, 7) is 0. The van der Waals surface area contributed by atoms with Crippen molar-refractivity contribution in [3.63, 3.8) is 0 Å². The van der Waals surface area contributed by atoms with Crippen LogP contribution in [-0.2, 0) is 0 Å². The number of nitrogens with one attached hydrogen (secondary N) is 1. The zero-order valence-electron chi connectivity index (χ0n) is 10.2. The highest BCUT2D eigenvalue weighted by Crippen LogP contribution is 2.23. The first-order valence-electron chi connectivity index (χ1n) is 5.57. The Hall–Kier alpha value is -1.59. The van der Waals surface area contributed by atoms with E-state index in [2.05, 4.69) is 43.8 Å². The highest BCUT2D eigenvalue weighted by Gasteiger charge is 2.13. The Labute approximate surface area is 138 Å². The van der Waals surface area contributed by atoms with Crippen molar-refractivity contribution in [2.45, 2.75) is 0 Å². The molecule has 0 spiro atoms. The molecule has 3 N–H and O–H groups in total. The minimum absolute atomic E-state index is 0.281. The first-order chi connectivity index (χ1) is 9.51. The van der Waals surface area contributed by atoms with Crippen molar-refractivity contribution < 1.29 is 4.79 Å². The van der Waals surface area contributed by atoms with E-state index < -0.39 is 0 Å². The first-order valence-corrected chi connectivity index (χ1v) is 7.44. The molecule has 0 aliphatic carbocycles. The van der Waals surface area contributed by atoms with Crippen molar-refractivity contribution in [1.82, 2.24) is 0 Å². The van der Waals surface area contributed by atoms with Crippen LogP contribution in [0.15, 0.2) is 40.9 Å². The van der Waals surface area contributed by atoms with Gasteiger partial charge in [-0.1, -0.05) is 0 Å².